The highest BCUT2D eigenvalue weighted by atomic mass is 15.2. The summed E-state index contributed by atoms with van der Waals surface area (Å²) < 4.78 is 0. The predicted molar refractivity (Wildman–Crippen MR) is 228 cm³/mol. The van der Waals surface area contributed by atoms with Crippen LogP contribution in [0.2, 0.25) is 0 Å². The number of allylic oxidation sites excluding steroid dienone is 6. The van der Waals surface area contributed by atoms with Gasteiger partial charge in [0.25, 0.3) is 0 Å². The number of benzene rings is 5. The van der Waals surface area contributed by atoms with E-state index in [1.54, 1.807) is 0 Å². The fraction of sp³-hybridized carbons (Fsp3) is 0.157. The number of hydrogen-bond donors (Lipinski definition) is 0. The molecule has 3 aliphatic rings. The summed E-state index contributed by atoms with van der Waals surface area (Å²) in [6.45, 7) is 10.8. The molecule has 1 aliphatic heterocycles. The van der Waals surface area contributed by atoms with Gasteiger partial charge in [0, 0.05) is 57.7 Å². The van der Waals surface area contributed by atoms with Gasteiger partial charge in [0.1, 0.15) is 0 Å². The lowest BCUT2D eigenvalue weighted by Gasteiger charge is -2.30. The molecule has 2 atom stereocenters. The molecule has 0 amide bonds. The topological polar surface area (TPSA) is 19.4 Å². The molecule has 2 heterocycles. The van der Waals surface area contributed by atoms with Crippen molar-refractivity contribution in [2.24, 2.45) is 0 Å². The van der Waals surface area contributed by atoms with E-state index in [2.05, 4.69) is 182 Å². The molecule has 0 spiro atoms. The Morgan fingerprint density at radius 3 is 2.33 bits per heavy atom. The third kappa shape index (κ3) is 5.72. The van der Waals surface area contributed by atoms with Crippen molar-refractivity contribution in [3.63, 3.8) is 0 Å². The van der Waals surface area contributed by atoms with Crippen molar-refractivity contribution in [3.8, 4) is 33.4 Å². The highest BCUT2D eigenvalue weighted by Gasteiger charge is 2.39. The lowest BCUT2D eigenvalue weighted by molar-refractivity contribution is 0.565. The zero-order chi connectivity index (χ0) is 36.8. The van der Waals surface area contributed by atoms with Crippen LogP contribution in [0.5, 0.6) is 0 Å². The van der Waals surface area contributed by atoms with Crippen molar-refractivity contribution in [1.29, 1.82) is 0 Å². The minimum atomic E-state index is -0.0953. The van der Waals surface area contributed by atoms with Crippen LogP contribution in [-0.2, 0) is 5.41 Å². The van der Waals surface area contributed by atoms with Gasteiger partial charge in [-0.3, -0.25) is 4.98 Å². The van der Waals surface area contributed by atoms with E-state index in [0.29, 0.717) is 12.0 Å². The maximum absolute atomic E-state index is 4.41. The van der Waals surface area contributed by atoms with Gasteiger partial charge in [0.05, 0.1) is 6.04 Å². The Kier molecular flexibility index (Phi) is 8.51. The van der Waals surface area contributed by atoms with E-state index >= 15 is 0 Å². The van der Waals surface area contributed by atoms with Gasteiger partial charge < -0.3 is 9.80 Å². The van der Waals surface area contributed by atoms with E-state index in [9.17, 15) is 0 Å². The second-order valence-corrected chi connectivity index (χ2v) is 15.2. The first-order chi connectivity index (χ1) is 26.4. The van der Waals surface area contributed by atoms with Crippen LogP contribution in [0.25, 0.3) is 33.4 Å². The van der Waals surface area contributed by atoms with E-state index in [4.69, 9.17) is 0 Å². The molecule has 1 aromatic heterocycles. The first-order valence-corrected chi connectivity index (χ1v) is 19.1. The predicted octanol–water partition coefficient (Wildman–Crippen LogP) is 13.5. The molecule has 0 radical (unpaired) electrons. The summed E-state index contributed by atoms with van der Waals surface area (Å²) in [6, 6.07) is 45.4. The molecular weight excluding hydrogens is 655 g/mol. The van der Waals surface area contributed by atoms with E-state index in [0.717, 1.165) is 34.6 Å². The minimum Gasteiger partial charge on any atom is -0.338 e. The molecule has 0 bridgehead atoms. The molecule has 9 rings (SSSR count). The molecule has 264 valence electrons. The van der Waals surface area contributed by atoms with Gasteiger partial charge in [-0.2, -0.15) is 0 Å². The summed E-state index contributed by atoms with van der Waals surface area (Å²) >= 11 is 0. The molecule has 2 unspecified atom stereocenters. The van der Waals surface area contributed by atoms with Crippen molar-refractivity contribution in [1.82, 2.24) is 4.98 Å². The van der Waals surface area contributed by atoms with Gasteiger partial charge in [-0.15, -0.1) is 0 Å². The Hall–Kier alpha value is -6.19. The third-order valence-electron chi connectivity index (χ3n) is 11.7. The number of hydrogen-bond acceptors (Lipinski definition) is 3. The molecule has 0 N–H and O–H groups in total. The second-order valence-electron chi connectivity index (χ2n) is 15.2. The molecule has 0 saturated carbocycles. The number of fused-ring (bicyclic) bond motifs is 6. The first-order valence-electron chi connectivity index (χ1n) is 19.1. The van der Waals surface area contributed by atoms with E-state index in [1.807, 2.05) is 30.6 Å². The standard InChI is InChI=1S/C51H45N3/c1-5-6-7-14-35(2)53-49-21-11-9-19-45(49)46-32-38(24-29-50(46)53)36-22-25-40(26-23-36)54(41-17-12-15-37(31-41)39-16-13-30-52-34-39)42-27-28-44-43-18-8-10-20-47(43)51(3,4)48(44)33-42/h5-8,10-18,20-34,45,49H,1,9,19H2,2-4H3/b7-6-,35-14+. The summed E-state index contributed by atoms with van der Waals surface area (Å²) in [6.07, 6.45) is 18.9. The molecule has 0 saturated heterocycles. The summed E-state index contributed by atoms with van der Waals surface area (Å²) in [5, 5.41) is 0. The van der Waals surface area contributed by atoms with Crippen molar-refractivity contribution in [2.45, 2.75) is 51.0 Å². The zero-order valence-corrected chi connectivity index (χ0v) is 31.3. The van der Waals surface area contributed by atoms with Crippen molar-refractivity contribution < 1.29 is 0 Å². The smallest absolute Gasteiger partial charge is 0.0588 e. The number of anilines is 4. The SMILES string of the molecule is C=C/C=C\C=C(/C)N1c2ccc(-c3ccc(N(c4cccc(-c5cccnc5)c4)c4ccc5c(c4)C(C)(C)c4ccccc4-5)cc3)cc2C2CCC=CC21. The highest BCUT2D eigenvalue weighted by Crippen LogP contribution is 2.51. The van der Waals surface area contributed by atoms with Gasteiger partial charge >= 0.3 is 0 Å². The summed E-state index contributed by atoms with van der Waals surface area (Å²) in [4.78, 5) is 9.33. The second kappa shape index (κ2) is 13.7. The van der Waals surface area contributed by atoms with Gasteiger partial charge in [-0.25, -0.2) is 0 Å². The van der Waals surface area contributed by atoms with E-state index < -0.39 is 0 Å². The molecular formula is C51H45N3. The fourth-order valence-corrected chi connectivity index (χ4v) is 9.05. The number of aromatic nitrogens is 1. The van der Waals surface area contributed by atoms with Crippen LogP contribution in [0.3, 0.4) is 0 Å². The minimum absolute atomic E-state index is 0.0953. The maximum atomic E-state index is 4.41. The molecule has 6 aromatic rings. The summed E-state index contributed by atoms with van der Waals surface area (Å²) in [5.41, 5.74) is 17.4. The fourth-order valence-electron chi connectivity index (χ4n) is 9.05. The molecule has 2 aliphatic carbocycles. The van der Waals surface area contributed by atoms with Crippen LogP contribution in [0.1, 0.15) is 56.2 Å². The lowest BCUT2D eigenvalue weighted by Crippen LogP contribution is -2.32. The lowest BCUT2D eigenvalue weighted by atomic mass is 9.82. The van der Waals surface area contributed by atoms with Gasteiger partial charge in [0.15, 0.2) is 0 Å². The average molecular weight is 700 g/mol. The summed E-state index contributed by atoms with van der Waals surface area (Å²) in [7, 11) is 0. The van der Waals surface area contributed by atoms with Gasteiger partial charge in [0.2, 0.25) is 0 Å². The normalized spacial score (nSPS) is 17.9. The average Bonchev–Trinajstić information content (AvgIpc) is 3.67. The Labute approximate surface area is 320 Å². The molecule has 3 heteroatoms. The third-order valence-corrected chi connectivity index (χ3v) is 11.7. The van der Waals surface area contributed by atoms with Crippen molar-refractivity contribution in [3.05, 3.63) is 199 Å². The monoisotopic (exact) mass is 699 g/mol. The zero-order valence-electron chi connectivity index (χ0n) is 31.3. The highest BCUT2D eigenvalue weighted by molar-refractivity contribution is 5.87. The molecule has 5 aromatic carbocycles. The molecule has 54 heavy (non-hydrogen) atoms. The van der Waals surface area contributed by atoms with Gasteiger partial charge in [-0.1, -0.05) is 118 Å². The Bertz CT molecular complexity index is 2470. The van der Waals surface area contributed by atoms with Crippen LogP contribution in [0.15, 0.2) is 182 Å². The van der Waals surface area contributed by atoms with Crippen LogP contribution in [-0.4, -0.2) is 11.0 Å². The molecule has 3 nitrogen and oxygen atoms in total. The summed E-state index contributed by atoms with van der Waals surface area (Å²) in [5.74, 6) is 0.480. The van der Waals surface area contributed by atoms with Crippen LogP contribution in [0.4, 0.5) is 22.7 Å². The molecule has 0 fully saturated rings. The number of rotatable bonds is 8. The van der Waals surface area contributed by atoms with E-state index in [1.165, 1.54) is 56.7 Å². The van der Waals surface area contributed by atoms with Crippen LogP contribution in [0, 0.1) is 0 Å². The number of nitrogens with zero attached hydrogens (tertiary/aromatic N) is 3. The van der Waals surface area contributed by atoms with Crippen LogP contribution < -0.4 is 9.80 Å². The maximum Gasteiger partial charge on any atom is 0.0588 e. The van der Waals surface area contributed by atoms with Crippen molar-refractivity contribution >= 4 is 22.7 Å². The van der Waals surface area contributed by atoms with Crippen molar-refractivity contribution in [2.75, 3.05) is 9.80 Å². The Balaban J connectivity index is 1.11. The Morgan fingerprint density at radius 2 is 1.50 bits per heavy atom. The first kappa shape index (κ1) is 33.6. The van der Waals surface area contributed by atoms with E-state index in [-0.39, 0.29) is 5.41 Å². The van der Waals surface area contributed by atoms with Gasteiger partial charge in [-0.05, 0) is 125 Å². The quantitative estimate of drug-likeness (QED) is 0.116. The largest absolute Gasteiger partial charge is 0.338 e. The van der Waals surface area contributed by atoms with Crippen LogP contribution >= 0.6 is 0 Å². The number of pyridine rings is 1. The Morgan fingerprint density at radius 1 is 0.741 bits per heavy atom.